The van der Waals surface area contributed by atoms with Crippen LogP contribution in [-0.4, -0.2) is 47.2 Å². The number of aliphatic carboxylic acids is 1. The van der Waals surface area contributed by atoms with Gasteiger partial charge in [-0.1, -0.05) is 18.2 Å². The zero-order chi connectivity index (χ0) is 22.1. The van der Waals surface area contributed by atoms with Gasteiger partial charge in [0.25, 0.3) is 5.91 Å². The van der Waals surface area contributed by atoms with Gasteiger partial charge in [-0.15, -0.1) is 0 Å². The highest BCUT2D eigenvalue weighted by atomic mass is 16.5. The Bertz CT molecular complexity index is 1310. The lowest BCUT2D eigenvalue weighted by Gasteiger charge is -2.13. The molecule has 1 atom stereocenters. The Hall–Kier alpha value is -4.07. The molecule has 1 unspecified atom stereocenters. The summed E-state index contributed by atoms with van der Waals surface area (Å²) >= 11 is 0. The number of rotatable bonds is 6. The van der Waals surface area contributed by atoms with Crippen molar-refractivity contribution in [2.24, 2.45) is 0 Å². The number of amides is 1. The second kappa shape index (κ2) is 7.98. The molecule has 3 N–H and O–H groups in total. The van der Waals surface area contributed by atoms with E-state index < -0.39 is 17.9 Å². The molecule has 8 nitrogen and oxygen atoms in total. The molecule has 0 bridgehead atoms. The number of hydrogen-bond donors (Lipinski definition) is 3. The number of para-hydroxylation sites is 1. The predicted octanol–water partition coefficient (Wildman–Crippen LogP) is 3.60. The van der Waals surface area contributed by atoms with E-state index in [0.29, 0.717) is 22.8 Å². The van der Waals surface area contributed by atoms with E-state index in [9.17, 15) is 9.59 Å². The Kier molecular flexibility index (Phi) is 5.21. The van der Waals surface area contributed by atoms with Gasteiger partial charge in [-0.05, 0) is 37.3 Å². The predicted molar refractivity (Wildman–Crippen MR) is 117 cm³/mol. The third kappa shape index (κ3) is 3.63. The van der Waals surface area contributed by atoms with Crippen LogP contribution in [0, 0.1) is 0 Å². The van der Waals surface area contributed by atoms with Gasteiger partial charge >= 0.3 is 5.97 Å². The third-order valence-corrected chi connectivity index (χ3v) is 5.11. The van der Waals surface area contributed by atoms with Gasteiger partial charge in [0.15, 0.2) is 0 Å². The van der Waals surface area contributed by atoms with Crippen molar-refractivity contribution in [1.82, 2.24) is 15.3 Å². The average molecular weight is 419 g/mol. The number of carbonyl (C=O) groups is 2. The van der Waals surface area contributed by atoms with Crippen LogP contribution in [0.1, 0.15) is 17.4 Å². The first kappa shape index (κ1) is 20.2. The fourth-order valence-electron chi connectivity index (χ4n) is 3.49. The van der Waals surface area contributed by atoms with E-state index in [4.69, 9.17) is 14.6 Å². The molecule has 0 saturated heterocycles. The highest BCUT2D eigenvalue weighted by Crippen LogP contribution is 2.38. The lowest BCUT2D eigenvalue weighted by molar-refractivity contribution is -0.138. The largest absolute Gasteiger partial charge is 0.497 e. The molecule has 158 valence electrons. The third-order valence-electron chi connectivity index (χ3n) is 5.11. The molecule has 0 aliphatic carbocycles. The van der Waals surface area contributed by atoms with Crippen molar-refractivity contribution in [3.63, 3.8) is 0 Å². The quantitative estimate of drug-likeness (QED) is 0.440. The highest BCUT2D eigenvalue weighted by Gasteiger charge is 2.22. The van der Waals surface area contributed by atoms with Crippen molar-refractivity contribution in [2.45, 2.75) is 13.0 Å². The normalized spacial score (nSPS) is 12.0. The number of hydrogen-bond acceptors (Lipinski definition) is 5. The van der Waals surface area contributed by atoms with Crippen LogP contribution in [-0.2, 0) is 4.79 Å². The summed E-state index contributed by atoms with van der Waals surface area (Å²) in [4.78, 5) is 32.0. The molecule has 8 heteroatoms. The highest BCUT2D eigenvalue weighted by molar-refractivity contribution is 6.13. The molecule has 2 aromatic heterocycles. The van der Waals surface area contributed by atoms with Gasteiger partial charge in [-0.3, -0.25) is 9.59 Å². The van der Waals surface area contributed by atoms with Crippen LogP contribution in [0.2, 0.25) is 0 Å². The maximum atomic E-state index is 12.8. The Morgan fingerprint density at radius 2 is 1.84 bits per heavy atom. The summed E-state index contributed by atoms with van der Waals surface area (Å²) in [6.45, 7) is 1.40. The molecular formula is C23H21N3O5. The standard InChI is InChI=1S/C23H21N3O5/c1-12(23(28)29)24-22(27)18-11-15-14-6-4-5-7-17(14)25-20(15)21(26-18)16-10-13(30-2)8-9-19(16)31-3/h4-12,25H,1-3H3,(H,24,27)(H,28,29). The topological polar surface area (TPSA) is 114 Å². The van der Waals surface area contributed by atoms with E-state index >= 15 is 0 Å². The molecule has 1 amide bonds. The number of fused-ring (bicyclic) bond motifs is 3. The second-order valence-corrected chi connectivity index (χ2v) is 7.05. The zero-order valence-corrected chi connectivity index (χ0v) is 17.2. The van der Waals surface area contributed by atoms with E-state index in [1.54, 1.807) is 38.5 Å². The summed E-state index contributed by atoms with van der Waals surface area (Å²) in [5.74, 6) is -0.540. The minimum absolute atomic E-state index is 0.102. The molecule has 0 aliphatic heterocycles. The summed E-state index contributed by atoms with van der Waals surface area (Å²) in [5, 5.41) is 13.3. The van der Waals surface area contributed by atoms with Crippen molar-refractivity contribution in [1.29, 1.82) is 0 Å². The van der Waals surface area contributed by atoms with Crippen LogP contribution in [0.3, 0.4) is 0 Å². The van der Waals surface area contributed by atoms with E-state index in [1.165, 1.54) is 6.92 Å². The molecule has 0 aliphatic rings. The molecule has 2 heterocycles. The van der Waals surface area contributed by atoms with Crippen molar-refractivity contribution in [3.05, 3.63) is 54.2 Å². The van der Waals surface area contributed by atoms with Crippen LogP contribution in [0.25, 0.3) is 33.1 Å². The van der Waals surface area contributed by atoms with E-state index in [1.807, 2.05) is 24.3 Å². The van der Waals surface area contributed by atoms with Crippen molar-refractivity contribution >= 4 is 33.7 Å². The van der Waals surface area contributed by atoms with Gasteiger partial charge in [-0.2, -0.15) is 0 Å². The average Bonchev–Trinajstić information content (AvgIpc) is 3.16. The smallest absolute Gasteiger partial charge is 0.325 e. The number of nitrogens with one attached hydrogen (secondary N) is 2. The first-order valence-corrected chi connectivity index (χ1v) is 9.60. The molecular weight excluding hydrogens is 398 g/mol. The summed E-state index contributed by atoms with van der Waals surface area (Å²) in [6.07, 6.45) is 0. The number of carbonyl (C=O) groups excluding carboxylic acids is 1. The van der Waals surface area contributed by atoms with Crippen LogP contribution in [0.5, 0.6) is 11.5 Å². The van der Waals surface area contributed by atoms with Crippen LogP contribution in [0.4, 0.5) is 0 Å². The molecule has 0 radical (unpaired) electrons. The zero-order valence-electron chi connectivity index (χ0n) is 17.2. The van der Waals surface area contributed by atoms with Gasteiger partial charge < -0.3 is 24.9 Å². The maximum absolute atomic E-state index is 12.8. The fraction of sp³-hybridized carbons (Fsp3) is 0.174. The number of pyridine rings is 1. The number of nitrogens with zero attached hydrogens (tertiary/aromatic N) is 1. The van der Waals surface area contributed by atoms with E-state index in [2.05, 4.69) is 15.3 Å². The number of ether oxygens (including phenoxy) is 2. The fourth-order valence-corrected chi connectivity index (χ4v) is 3.49. The lowest BCUT2D eigenvalue weighted by atomic mass is 10.0. The molecule has 4 rings (SSSR count). The summed E-state index contributed by atoms with van der Waals surface area (Å²) in [5.41, 5.74) is 2.86. The SMILES string of the molecule is COc1ccc(OC)c(-c2nc(C(=O)NC(C)C(=O)O)cc3c2[nH]c2ccccc23)c1. The Morgan fingerprint density at radius 1 is 1.06 bits per heavy atom. The molecule has 0 spiro atoms. The van der Waals surface area contributed by atoms with Gasteiger partial charge in [0.2, 0.25) is 0 Å². The van der Waals surface area contributed by atoms with Crippen LogP contribution in [0.15, 0.2) is 48.5 Å². The Labute approximate surface area is 177 Å². The summed E-state index contributed by atoms with van der Waals surface area (Å²) in [6, 6.07) is 13.6. The van der Waals surface area contributed by atoms with E-state index in [0.717, 1.165) is 21.8 Å². The van der Waals surface area contributed by atoms with Crippen LogP contribution >= 0.6 is 0 Å². The monoisotopic (exact) mass is 419 g/mol. The minimum Gasteiger partial charge on any atom is -0.497 e. The number of aromatic nitrogens is 2. The van der Waals surface area contributed by atoms with Gasteiger partial charge in [-0.25, -0.2) is 4.98 Å². The van der Waals surface area contributed by atoms with Crippen molar-refractivity contribution < 1.29 is 24.2 Å². The van der Waals surface area contributed by atoms with E-state index in [-0.39, 0.29) is 5.69 Å². The van der Waals surface area contributed by atoms with Gasteiger partial charge in [0.1, 0.15) is 23.2 Å². The number of benzene rings is 2. The molecule has 0 saturated carbocycles. The van der Waals surface area contributed by atoms with Crippen LogP contribution < -0.4 is 14.8 Å². The second-order valence-electron chi connectivity index (χ2n) is 7.05. The maximum Gasteiger partial charge on any atom is 0.325 e. The van der Waals surface area contributed by atoms with Crippen molar-refractivity contribution in [3.8, 4) is 22.8 Å². The first-order chi connectivity index (χ1) is 14.9. The number of aromatic amines is 1. The number of carboxylic acids is 1. The Morgan fingerprint density at radius 3 is 2.55 bits per heavy atom. The van der Waals surface area contributed by atoms with Gasteiger partial charge in [0.05, 0.1) is 25.4 Å². The van der Waals surface area contributed by atoms with Gasteiger partial charge in [0, 0.05) is 21.9 Å². The molecule has 0 fully saturated rings. The molecule has 31 heavy (non-hydrogen) atoms. The molecule has 2 aromatic carbocycles. The summed E-state index contributed by atoms with van der Waals surface area (Å²) < 4.78 is 10.9. The summed E-state index contributed by atoms with van der Waals surface area (Å²) in [7, 11) is 3.12. The number of carboxylic acid groups (broad SMARTS) is 1. The lowest BCUT2D eigenvalue weighted by Crippen LogP contribution is -2.38. The minimum atomic E-state index is -1.13. The Balaban J connectivity index is 2.00. The molecule has 4 aromatic rings. The number of H-pyrrole nitrogens is 1. The first-order valence-electron chi connectivity index (χ1n) is 9.60. The van der Waals surface area contributed by atoms with Crippen molar-refractivity contribution in [2.75, 3.05) is 14.2 Å². The number of methoxy groups -OCH3 is 2.